The van der Waals surface area contributed by atoms with E-state index in [1.807, 2.05) is 14.1 Å². The van der Waals surface area contributed by atoms with Crippen LogP contribution in [0.1, 0.15) is 38.5 Å². The highest BCUT2D eigenvalue weighted by Gasteiger charge is 2.39. The smallest absolute Gasteiger partial charge is 0.326 e. The van der Waals surface area contributed by atoms with E-state index in [9.17, 15) is 9.59 Å². The average Bonchev–Trinajstić information content (AvgIpc) is 3.10. The number of nitrogens with one attached hydrogen (secondary N) is 2. The number of carboxylic acid groups (broad SMARTS) is 1. The van der Waals surface area contributed by atoms with E-state index >= 15 is 0 Å². The summed E-state index contributed by atoms with van der Waals surface area (Å²) >= 11 is 0. The van der Waals surface area contributed by atoms with Gasteiger partial charge >= 0.3 is 12.0 Å². The number of carbonyl (C=O) groups is 2. The SMILES string of the molecule is CN(C)C1(CNC(=O)NC(C(=O)O)C2CC2)CCCC1. The summed E-state index contributed by atoms with van der Waals surface area (Å²) in [5.41, 5.74) is 0.0235. The van der Waals surface area contributed by atoms with Gasteiger partial charge in [-0.1, -0.05) is 12.8 Å². The molecule has 2 rings (SSSR count). The average molecular weight is 283 g/mol. The first-order valence-corrected chi connectivity index (χ1v) is 7.39. The van der Waals surface area contributed by atoms with Crippen LogP contribution >= 0.6 is 0 Å². The van der Waals surface area contributed by atoms with Gasteiger partial charge in [-0.25, -0.2) is 9.59 Å². The van der Waals surface area contributed by atoms with Crippen LogP contribution in [0, 0.1) is 5.92 Å². The largest absolute Gasteiger partial charge is 0.480 e. The van der Waals surface area contributed by atoms with Crippen molar-refractivity contribution in [1.29, 1.82) is 0 Å². The summed E-state index contributed by atoms with van der Waals surface area (Å²) in [6.07, 6.45) is 6.29. The minimum absolute atomic E-state index is 0.0235. The van der Waals surface area contributed by atoms with Crippen LogP contribution in [0.15, 0.2) is 0 Å². The Bertz CT molecular complexity index is 374. The molecule has 3 N–H and O–H groups in total. The van der Waals surface area contributed by atoms with Gasteiger partial charge in [-0.3, -0.25) is 0 Å². The summed E-state index contributed by atoms with van der Waals surface area (Å²) in [6, 6.07) is -1.11. The van der Waals surface area contributed by atoms with Crippen molar-refractivity contribution in [3.63, 3.8) is 0 Å². The zero-order valence-corrected chi connectivity index (χ0v) is 12.3. The van der Waals surface area contributed by atoms with E-state index in [1.54, 1.807) is 0 Å². The van der Waals surface area contributed by atoms with Gasteiger partial charge in [0.2, 0.25) is 0 Å². The first-order valence-electron chi connectivity index (χ1n) is 7.39. The lowest BCUT2D eigenvalue weighted by molar-refractivity contribution is -0.139. The Morgan fingerprint density at radius 1 is 1.30 bits per heavy atom. The van der Waals surface area contributed by atoms with Gasteiger partial charge in [-0.2, -0.15) is 0 Å². The molecule has 2 aliphatic rings. The third-order valence-electron chi connectivity index (χ3n) is 4.71. The topological polar surface area (TPSA) is 81.7 Å². The van der Waals surface area contributed by atoms with E-state index in [2.05, 4.69) is 15.5 Å². The Kier molecular flexibility index (Phi) is 4.52. The summed E-state index contributed by atoms with van der Waals surface area (Å²) in [6.45, 7) is 0.572. The van der Waals surface area contributed by atoms with Gasteiger partial charge in [0.15, 0.2) is 0 Å². The molecule has 2 aliphatic carbocycles. The lowest BCUT2D eigenvalue weighted by atomic mass is 9.96. The lowest BCUT2D eigenvalue weighted by Crippen LogP contribution is -2.54. The number of hydrogen-bond acceptors (Lipinski definition) is 3. The van der Waals surface area contributed by atoms with E-state index in [0.29, 0.717) is 6.54 Å². The molecule has 0 aliphatic heterocycles. The van der Waals surface area contributed by atoms with Crippen molar-refractivity contribution in [3.8, 4) is 0 Å². The van der Waals surface area contributed by atoms with Crippen molar-refractivity contribution in [2.75, 3.05) is 20.6 Å². The molecule has 0 aromatic heterocycles. The van der Waals surface area contributed by atoms with Crippen LogP contribution in [0.5, 0.6) is 0 Å². The number of hydrogen-bond donors (Lipinski definition) is 3. The Morgan fingerprint density at radius 2 is 1.90 bits per heavy atom. The summed E-state index contributed by atoms with van der Waals surface area (Å²) in [5, 5.41) is 14.6. The number of amides is 2. The summed E-state index contributed by atoms with van der Waals surface area (Å²) in [5.74, 6) is -0.835. The molecule has 6 nitrogen and oxygen atoms in total. The molecule has 0 spiro atoms. The maximum atomic E-state index is 11.9. The molecule has 2 saturated carbocycles. The Hall–Kier alpha value is -1.30. The molecule has 1 atom stereocenters. The van der Waals surface area contributed by atoms with E-state index in [1.165, 1.54) is 12.8 Å². The standard InChI is InChI=1S/C14H25N3O3/c1-17(2)14(7-3-4-8-14)9-15-13(20)16-11(12(18)19)10-5-6-10/h10-11H,3-9H2,1-2H3,(H,18,19)(H2,15,16,20). The number of nitrogens with zero attached hydrogens (tertiary/aromatic N) is 1. The number of likely N-dealkylation sites (N-methyl/N-ethyl adjacent to an activating group) is 1. The second-order valence-corrected chi connectivity index (χ2v) is 6.31. The van der Waals surface area contributed by atoms with Crippen LogP contribution < -0.4 is 10.6 Å². The molecule has 0 radical (unpaired) electrons. The molecule has 0 bridgehead atoms. The summed E-state index contributed by atoms with van der Waals surface area (Å²) in [4.78, 5) is 25.2. The third-order valence-corrected chi connectivity index (χ3v) is 4.71. The highest BCUT2D eigenvalue weighted by Crippen LogP contribution is 2.34. The predicted molar refractivity (Wildman–Crippen MR) is 75.6 cm³/mol. The number of aliphatic carboxylic acids is 1. The predicted octanol–water partition coefficient (Wildman–Crippen LogP) is 1.02. The molecule has 0 aromatic rings. The number of carboxylic acids is 1. The first kappa shape index (κ1) is 15.1. The van der Waals surface area contributed by atoms with Crippen molar-refractivity contribution in [1.82, 2.24) is 15.5 Å². The summed E-state index contributed by atoms with van der Waals surface area (Å²) in [7, 11) is 4.07. The molecule has 2 fully saturated rings. The fraction of sp³-hybridized carbons (Fsp3) is 0.857. The molecule has 2 amide bonds. The molecular formula is C14H25N3O3. The minimum Gasteiger partial charge on any atom is -0.480 e. The maximum absolute atomic E-state index is 11.9. The van der Waals surface area contributed by atoms with Crippen LogP contribution in [0.2, 0.25) is 0 Å². The second kappa shape index (κ2) is 5.99. The van der Waals surface area contributed by atoms with Crippen molar-refractivity contribution >= 4 is 12.0 Å². The molecule has 0 aromatic carbocycles. The van der Waals surface area contributed by atoms with Gasteiger partial charge in [-0.05, 0) is 45.7 Å². The van der Waals surface area contributed by atoms with Crippen molar-refractivity contribution in [2.24, 2.45) is 5.92 Å². The fourth-order valence-corrected chi connectivity index (χ4v) is 3.06. The van der Waals surface area contributed by atoms with Gasteiger partial charge in [0, 0.05) is 12.1 Å². The highest BCUT2D eigenvalue weighted by molar-refractivity contribution is 5.83. The van der Waals surface area contributed by atoms with Crippen LogP contribution in [0.4, 0.5) is 4.79 Å². The molecule has 6 heteroatoms. The number of urea groups is 1. The van der Waals surface area contributed by atoms with Crippen LogP contribution in [0.25, 0.3) is 0 Å². The number of carbonyl (C=O) groups excluding carboxylic acids is 1. The van der Waals surface area contributed by atoms with E-state index in [-0.39, 0.29) is 17.5 Å². The zero-order valence-electron chi connectivity index (χ0n) is 12.3. The Morgan fingerprint density at radius 3 is 2.35 bits per heavy atom. The van der Waals surface area contributed by atoms with Crippen molar-refractivity contribution in [3.05, 3.63) is 0 Å². The zero-order chi connectivity index (χ0) is 14.8. The Labute approximate surface area is 119 Å². The normalized spacial score (nSPS) is 22.6. The summed E-state index contributed by atoms with van der Waals surface area (Å²) < 4.78 is 0. The van der Waals surface area contributed by atoms with Gasteiger partial charge in [-0.15, -0.1) is 0 Å². The molecule has 1 unspecified atom stereocenters. The number of rotatable bonds is 6. The van der Waals surface area contributed by atoms with Gasteiger partial charge in [0.25, 0.3) is 0 Å². The fourth-order valence-electron chi connectivity index (χ4n) is 3.06. The molecular weight excluding hydrogens is 258 g/mol. The second-order valence-electron chi connectivity index (χ2n) is 6.31. The monoisotopic (exact) mass is 283 g/mol. The highest BCUT2D eigenvalue weighted by atomic mass is 16.4. The minimum atomic E-state index is -0.939. The van der Waals surface area contributed by atoms with Crippen LogP contribution in [-0.4, -0.2) is 54.2 Å². The van der Waals surface area contributed by atoms with E-state index in [0.717, 1.165) is 25.7 Å². The Balaban J connectivity index is 1.83. The van der Waals surface area contributed by atoms with Crippen LogP contribution in [0.3, 0.4) is 0 Å². The molecule has 20 heavy (non-hydrogen) atoms. The van der Waals surface area contributed by atoms with E-state index in [4.69, 9.17) is 5.11 Å². The third kappa shape index (κ3) is 3.42. The first-order chi connectivity index (χ1) is 9.44. The van der Waals surface area contributed by atoms with Crippen LogP contribution in [-0.2, 0) is 4.79 Å². The molecule has 114 valence electrons. The maximum Gasteiger partial charge on any atom is 0.326 e. The molecule has 0 saturated heterocycles. The van der Waals surface area contributed by atoms with Gasteiger partial charge in [0.05, 0.1) is 0 Å². The van der Waals surface area contributed by atoms with Crippen molar-refractivity contribution < 1.29 is 14.7 Å². The quantitative estimate of drug-likeness (QED) is 0.680. The molecule has 0 heterocycles. The van der Waals surface area contributed by atoms with Gasteiger partial charge in [0.1, 0.15) is 6.04 Å². The van der Waals surface area contributed by atoms with E-state index < -0.39 is 12.0 Å². The van der Waals surface area contributed by atoms with Gasteiger partial charge < -0.3 is 20.6 Å². The lowest BCUT2D eigenvalue weighted by Gasteiger charge is -2.36. The van der Waals surface area contributed by atoms with Crippen molar-refractivity contribution in [2.45, 2.75) is 50.1 Å².